The van der Waals surface area contributed by atoms with E-state index in [1.165, 1.54) is 4.90 Å². The minimum Gasteiger partial charge on any atom is -0.465 e. The van der Waals surface area contributed by atoms with E-state index in [9.17, 15) is 27.2 Å². The van der Waals surface area contributed by atoms with E-state index < -0.39 is 29.0 Å². The topological polar surface area (TPSA) is 46.6 Å². The number of unbranched alkanes of at least 4 members (excludes halogenated alkanes) is 2. The summed E-state index contributed by atoms with van der Waals surface area (Å²) in [4.78, 5) is 25.8. The molecule has 0 bridgehead atoms. The Labute approximate surface area is 155 Å². The third-order valence-electron chi connectivity index (χ3n) is 4.63. The number of rotatable bonds is 6. The highest BCUT2D eigenvalue weighted by Crippen LogP contribution is 2.33. The standard InChI is InChI=1S/C19H23F4NO3/c1-2-3-4-11-27-18(26)13-7-9-24(10-8-13)17(25)15-6-5-14(20)12-16(15)19(21,22)23/h5-6,12-13H,2-4,7-11H2,1H3. The number of amides is 1. The fraction of sp³-hybridized carbons (Fsp3) is 0.579. The molecule has 1 heterocycles. The number of carbonyl (C=O) groups is 2. The predicted octanol–water partition coefficient (Wildman–Crippen LogP) is 4.43. The second kappa shape index (κ2) is 9.19. The summed E-state index contributed by atoms with van der Waals surface area (Å²) < 4.78 is 57.7. The number of benzene rings is 1. The van der Waals surface area contributed by atoms with Gasteiger partial charge in [-0.25, -0.2) is 4.39 Å². The van der Waals surface area contributed by atoms with Gasteiger partial charge >= 0.3 is 12.1 Å². The molecule has 0 atom stereocenters. The summed E-state index contributed by atoms with van der Waals surface area (Å²) >= 11 is 0. The van der Waals surface area contributed by atoms with Crippen LogP contribution in [0.25, 0.3) is 0 Å². The first-order chi connectivity index (χ1) is 12.7. The normalized spacial score (nSPS) is 15.7. The molecule has 1 fully saturated rings. The molecule has 1 aliphatic rings. The van der Waals surface area contributed by atoms with Gasteiger partial charge in [-0.15, -0.1) is 0 Å². The van der Waals surface area contributed by atoms with Crippen LogP contribution < -0.4 is 0 Å². The predicted molar refractivity (Wildman–Crippen MR) is 90.5 cm³/mol. The van der Waals surface area contributed by atoms with Crippen molar-refractivity contribution in [2.45, 2.75) is 45.2 Å². The van der Waals surface area contributed by atoms with E-state index >= 15 is 0 Å². The van der Waals surface area contributed by atoms with Gasteiger partial charge in [0.15, 0.2) is 0 Å². The molecule has 0 aromatic heterocycles. The van der Waals surface area contributed by atoms with Gasteiger partial charge in [0, 0.05) is 13.1 Å². The molecule has 1 aliphatic heterocycles. The molecule has 1 amide bonds. The van der Waals surface area contributed by atoms with Gasteiger partial charge < -0.3 is 9.64 Å². The zero-order valence-electron chi connectivity index (χ0n) is 15.2. The quantitative estimate of drug-likeness (QED) is 0.411. The summed E-state index contributed by atoms with van der Waals surface area (Å²) in [5.74, 6) is -2.54. The van der Waals surface area contributed by atoms with Crippen molar-refractivity contribution in [1.29, 1.82) is 0 Å². The number of esters is 1. The maximum atomic E-state index is 13.2. The fourth-order valence-corrected chi connectivity index (χ4v) is 3.07. The highest BCUT2D eigenvalue weighted by atomic mass is 19.4. The Morgan fingerprint density at radius 1 is 1.19 bits per heavy atom. The van der Waals surface area contributed by atoms with Crippen molar-refractivity contribution >= 4 is 11.9 Å². The van der Waals surface area contributed by atoms with Gasteiger partial charge in [-0.1, -0.05) is 19.8 Å². The van der Waals surface area contributed by atoms with Crippen LogP contribution in [0.5, 0.6) is 0 Å². The molecule has 1 aromatic carbocycles. The average Bonchev–Trinajstić information content (AvgIpc) is 2.64. The molecule has 1 aromatic rings. The zero-order valence-corrected chi connectivity index (χ0v) is 15.2. The van der Waals surface area contributed by atoms with Gasteiger partial charge in [0.25, 0.3) is 5.91 Å². The van der Waals surface area contributed by atoms with E-state index in [0.717, 1.165) is 31.4 Å². The summed E-state index contributed by atoms with van der Waals surface area (Å²) in [7, 11) is 0. The van der Waals surface area contributed by atoms with Crippen molar-refractivity contribution in [2.75, 3.05) is 19.7 Å². The first kappa shape index (κ1) is 21.2. The maximum Gasteiger partial charge on any atom is 0.417 e. The average molecular weight is 389 g/mol. The van der Waals surface area contributed by atoms with Crippen LogP contribution in [0.15, 0.2) is 18.2 Å². The molecule has 0 N–H and O–H groups in total. The number of nitrogens with zero attached hydrogens (tertiary/aromatic N) is 1. The summed E-state index contributed by atoms with van der Waals surface area (Å²) in [6.07, 6.45) is -1.37. The minimum atomic E-state index is -4.83. The van der Waals surface area contributed by atoms with E-state index in [4.69, 9.17) is 4.74 Å². The molecule has 0 aliphatic carbocycles. The molecular formula is C19H23F4NO3. The van der Waals surface area contributed by atoms with Crippen LogP contribution >= 0.6 is 0 Å². The number of hydrogen-bond acceptors (Lipinski definition) is 3. The molecule has 0 unspecified atom stereocenters. The molecule has 150 valence electrons. The Kier molecular flexibility index (Phi) is 7.21. The van der Waals surface area contributed by atoms with E-state index in [0.29, 0.717) is 25.5 Å². The zero-order chi connectivity index (χ0) is 20.0. The van der Waals surface area contributed by atoms with E-state index in [2.05, 4.69) is 0 Å². The highest BCUT2D eigenvalue weighted by Gasteiger charge is 2.37. The van der Waals surface area contributed by atoms with Gasteiger partial charge in [-0.3, -0.25) is 9.59 Å². The fourth-order valence-electron chi connectivity index (χ4n) is 3.07. The highest BCUT2D eigenvalue weighted by molar-refractivity contribution is 5.96. The first-order valence-corrected chi connectivity index (χ1v) is 9.06. The smallest absolute Gasteiger partial charge is 0.417 e. The van der Waals surface area contributed by atoms with Crippen LogP contribution in [0.2, 0.25) is 0 Å². The van der Waals surface area contributed by atoms with Gasteiger partial charge in [0.05, 0.1) is 23.7 Å². The summed E-state index contributed by atoms with van der Waals surface area (Å²) in [6.45, 7) is 2.71. The number of ether oxygens (including phenoxy) is 1. The van der Waals surface area contributed by atoms with Gasteiger partial charge in [-0.05, 0) is 37.5 Å². The largest absolute Gasteiger partial charge is 0.465 e. The Morgan fingerprint density at radius 2 is 1.85 bits per heavy atom. The van der Waals surface area contributed by atoms with E-state index in [1.54, 1.807) is 0 Å². The van der Waals surface area contributed by atoms with Crippen LogP contribution in [-0.4, -0.2) is 36.5 Å². The van der Waals surface area contributed by atoms with E-state index in [-0.39, 0.29) is 25.0 Å². The molecule has 2 rings (SSSR count). The summed E-state index contributed by atoms with van der Waals surface area (Å²) in [5.41, 5.74) is -1.87. The van der Waals surface area contributed by atoms with Crippen LogP contribution in [-0.2, 0) is 15.7 Å². The number of likely N-dealkylation sites (tertiary alicyclic amines) is 1. The van der Waals surface area contributed by atoms with Gasteiger partial charge in [0.2, 0.25) is 0 Å². The minimum absolute atomic E-state index is 0.155. The molecule has 1 saturated heterocycles. The number of hydrogen-bond donors (Lipinski definition) is 0. The van der Waals surface area contributed by atoms with Gasteiger partial charge in [-0.2, -0.15) is 13.2 Å². The van der Waals surface area contributed by atoms with Crippen molar-refractivity contribution in [2.24, 2.45) is 5.92 Å². The summed E-state index contributed by atoms with van der Waals surface area (Å²) in [6, 6.07) is 2.02. The molecule has 0 radical (unpaired) electrons. The molecule has 4 nitrogen and oxygen atoms in total. The van der Waals surface area contributed by atoms with E-state index in [1.807, 2.05) is 6.92 Å². The summed E-state index contributed by atoms with van der Waals surface area (Å²) in [5, 5.41) is 0. The lowest BCUT2D eigenvalue weighted by Gasteiger charge is -2.31. The molecule has 27 heavy (non-hydrogen) atoms. The first-order valence-electron chi connectivity index (χ1n) is 9.06. The number of piperidine rings is 1. The van der Waals surface area contributed by atoms with Crippen LogP contribution in [0.3, 0.4) is 0 Å². The number of halogens is 4. The molecular weight excluding hydrogens is 366 g/mol. The Balaban J connectivity index is 1.97. The Morgan fingerprint density at radius 3 is 2.44 bits per heavy atom. The van der Waals surface area contributed by atoms with Crippen LogP contribution in [0, 0.1) is 11.7 Å². The van der Waals surface area contributed by atoms with Crippen molar-refractivity contribution < 1.29 is 31.9 Å². The van der Waals surface area contributed by atoms with Crippen LogP contribution in [0.1, 0.15) is 54.9 Å². The van der Waals surface area contributed by atoms with Gasteiger partial charge in [0.1, 0.15) is 5.82 Å². The third kappa shape index (κ3) is 5.68. The number of carbonyl (C=O) groups excluding carboxylic acids is 2. The molecule has 0 saturated carbocycles. The van der Waals surface area contributed by atoms with Crippen molar-refractivity contribution in [3.8, 4) is 0 Å². The van der Waals surface area contributed by atoms with Crippen LogP contribution in [0.4, 0.5) is 17.6 Å². The second-order valence-electron chi connectivity index (χ2n) is 6.63. The molecule has 0 spiro atoms. The number of alkyl halides is 3. The monoisotopic (exact) mass is 389 g/mol. The van der Waals surface area contributed by atoms with Crippen molar-refractivity contribution in [3.63, 3.8) is 0 Å². The lowest BCUT2D eigenvalue weighted by atomic mass is 9.96. The maximum absolute atomic E-state index is 13.2. The lowest BCUT2D eigenvalue weighted by molar-refractivity contribution is -0.150. The Bertz CT molecular complexity index is 667. The van der Waals surface area contributed by atoms with Crippen molar-refractivity contribution in [1.82, 2.24) is 4.90 Å². The Hall–Kier alpha value is -2.12. The molecule has 8 heteroatoms. The second-order valence-corrected chi connectivity index (χ2v) is 6.63. The van der Waals surface area contributed by atoms with Crippen molar-refractivity contribution in [3.05, 3.63) is 35.1 Å². The SMILES string of the molecule is CCCCCOC(=O)C1CCN(C(=O)c2ccc(F)cc2C(F)(F)F)CC1. The lowest BCUT2D eigenvalue weighted by Crippen LogP contribution is -2.41. The third-order valence-corrected chi connectivity index (χ3v) is 4.63.